The van der Waals surface area contributed by atoms with Crippen molar-refractivity contribution in [3.63, 3.8) is 0 Å². The van der Waals surface area contributed by atoms with Gasteiger partial charge in [-0.3, -0.25) is 0 Å². The van der Waals surface area contributed by atoms with E-state index in [1.807, 2.05) is 0 Å². The molecule has 0 bridgehead atoms. The van der Waals surface area contributed by atoms with Crippen LogP contribution in [0.25, 0.3) is 11.1 Å². The first-order valence-corrected chi connectivity index (χ1v) is 8.49. The minimum atomic E-state index is 1.31. The lowest BCUT2D eigenvalue weighted by Gasteiger charge is -2.07. The maximum Gasteiger partial charge on any atom is 0.0181 e. The Kier molecular flexibility index (Phi) is 3.21. The summed E-state index contributed by atoms with van der Waals surface area (Å²) in [6.45, 7) is 4.42. The molecule has 0 spiro atoms. The van der Waals surface area contributed by atoms with Gasteiger partial charge in [0.15, 0.2) is 0 Å². The molecule has 22 heavy (non-hydrogen) atoms. The largest absolute Gasteiger partial charge is 0.0617 e. The van der Waals surface area contributed by atoms with E-state index in [0.29, 0.717) is 0 Å². The fourth-order valence-electron chi connectivity index (χ4n) is 3.21. The van der Waals surface area contributed by atoms with Gasteiger partial charge in [0.05, 0.1) is 0 Å². The lowest BCUT2D eigenvalue weighted by Crippen LogP contribution is -2.06. The Morgan fingerprint density at radius 3 is 1.50 bits per heavy atom. The summed E-state index contributed by atoms with van der Waals surface area (Å²) in [6, 6.07) is 24.1. The lowest BCUT2D eigenvalue weighted by molar-refractivity contribution is 1.44. The molecule has 0 saturated carbocycles. The maximum atomic E-state index is 2.26. The molecular formula is C21H17P. The Hall–Kier alpha value is -2.17. The van der Waals surface area contributed by atoms with Crippen LogP contribution >= 0.6 is 8.20 Å². The van der Waals surface area contributed by atoms with Crippen LogP contribution in [0.1, 0.15) is 22.3 Å². The van der Waals surface area contributed by atoms with Gasteiger partial charge in [0.1, 0.15) is 0 Å². The Bertz CT molecular complexity index is 836. The number of rotatable bonds is 1. The third-order valence-electron chi connectivity index (χ3n) is 4.32. The van der Waals surface area contributed by atoms with Gasteiger partial charge in [-0.1, -0.05) is 74.9 Å². The smallest absolute Gasteiger partial charge is 0.0181 e. The summed E-state index contributed by atoms with van der Waals surface area (Å²) in [4.78, 5) is 0. The molecule has 4 rings (SSSR count). The maximum absolute atomic E-state index is 2.26. The van der Waals surface area contributed by atoms with E-state index in [1.165, 1.54) is 52.2 Å². The zero-order chi connectivity index (χ0) is 15.1. The standard InChI is InChI=1S/C21H17P/c1-14-8-7-9-15(2)20(14)22-21-18-12-5-3-10-16(18)17-11-4-6-13-19(17)21/h3-13H,1-2H3. The van der Waals surface area contributed by atoms with Crippen LogP contribution in [-0.2, 0) is 0 Å². The number of fused-ring (bicyclic) bond motifs is 3. The van der Waals surface area contributed by atoms with Crippen LogP contribution in [0, 0.1) is 13.8 Å². The first-order chi connectivity index (χ1) is 10.8. The average molecular weight is 300 g/mol. The zero-order valence-electron chi connectivity index (χ0n) is 12.8. The molecule has 0 amide bonds. The number of benzene rings is 3. The molecule has 1 heteroatoms. The van der Waals surface area contributed by atoms with Gasteiger partial charge in [-0.2, -0.15) is 0 Å². The summed E-state index contributed by atoms with van der Waals surface area (Å²) in [7, 11) is 1.31. The molecule has 0 atom stereocenters. The summed E-state index contributed by atoms with van der Waals surface area (Å²) in [5.41, 5.74) is 8.24. The predicted molar refractivity (Wildman–Crippen MR) is 97.6 cm³/mol. The molecule has 106 valence electrons. The minimum Gasteiger partial charge on any atom is -0.0617 e. The van der Waals surface area contributed by atoms with Gasteiger partial charge in [-0.25, -0.2) is 0 Å². The van der Waals surface area contributed by atoms with E-state index in [1.54, 1.807) is 0 Å². The number of aryl methyl sites for hydroxylation is 2. The minimum absolute atomic E-state index is 1.31. The van der Waals surface area contributed by atoms with Crippen molar-refractivity contribution in [1.29, 1.82) is 0 Å². The summed E-state index contributed by atoms with van der Waals surface area (Å²) in [6.07, 6.45) is 0. The van der Waals surface area contributed by atoms with Gasteiger partial charge in [-0.05, 0) is 47.2 Å². The van der Waals surface area contributed by atoms with E-state index in [9.17, 15) is 0 Å². The topological polar surface area (TPSA) is 0 Å². The Labute approximate surface area is 133 Å². The third kappa shape index (κ3) is 2.03. The Morgan fingerprint density at radius 1 is 0.545 bits per heavy atom. The molecule has 3 aromatic rings. The van der Waals surface area contributed by atoms with Crippen LogP contribution in [0.2, 0.25) is 0 Å². The number of hydrogen-bond donors (Lipinski definition) is 0. The Balaban J connectivity index is 2.01. The highest BCUT2D eigenvalue weighted by molar-refractivity contribution is 7.50. The average Bonchev–Trinajstić information content (AvgIpc) is 2.86. The molecule has 0 fully saturated rings. The molecular weight excluding hydrogens is 283 g/mol. The van der Waals surface area contributed by atoms with Crippen molar-refractivity contribution in [2.75, 3.05) is 0 Å². The van der Waals surface area contributed by atoms with E-state index in [4.69, 9.17) is 0 Å². The number of hydrogen-bond acceptors (Lipinski definition) is 0. The summed E-state index contributed by atoms with van der Waals surface area (Å²) in [5, 5.41) is 2.87. The van der Waals surface area contributed by atoms with Gasteiger partial charge < -0.3 is 0 Å². The predicted octanol–water partition coefficient (Wildman–Crippen LogP) is 5.12. The van der Waals surface area contributed by atoms with Gasteiger partial charge in [-0.15, -0.1) is 0 Å². The molecule has 0 radical (unpaired) electrons. The van der Waals surface area contributed by atoms with E-state index >= 15 is 0 Å². The van der Waals surface area contributed by atoms with Crippen molar-refractivity contribution in [2.24, 2.45) is 0 Å². The highest BCUT2D eigenvalue weighted by Crippen LogP contribution is 2.38. The van der Waals surface area contributed by atoms with Gasteiger partial charge >= 0.3 is 0 Å². The second-order valence-corrected chi connectivity index (χ2v) is 6.91. The second-order valence-electron chi connectivity index (χ2n) is 5.79. The molecule has 0 heterocycles. The third-order valence-corrected chi connectivity index (χ3v) is 5.95. The van der Waals surface area contributed by atoms with Crippen LogP contribution in [0.15, 0.2) is 66.7 Å². The van der Waals surface area contributed by atoms with Crippen molar-refractivity contribution in [2.45, 2.75) is 13.8 Å². The van der Waals surface area contributed by atoms with E-state index in [-0.39, 0.29) is 0 Å². The van der Waals surface area contributed by atoms with Crippen molar-refractivity contribution in [3.05, 3.63) is 89.0 Å². The molecule has 0 unspecified atom stereocenters. The fourth-order valence-corrected chi connectivity index (χ4v) is 4.56. The quantitative estimate of drug-likeness (QED) is 0.428. The first kappa shape index (κ1) is 13.5. The van der Waals surface area contributed by atoms with Gasteiger partial charge in [0.2, 0.25) is 0 Å². The van der Waals surface area contributed by atoms with E-state index in [0.717, 1.165) is 0 Å². The first-order valence-electron chi connectivity index (χ1n) is 7.60. The van der Waals surface area contributed by atoms with Gasteiger partial charge in [0.25, 0.3) is 0 Å². The van der Waals surface area contributed by atoms with Crippen LogP contribution in [0.5, 0.6) is 0 Å². The SMILES string of the molecule is Cc1cccc(C)c1P=C1c2ccccc2-c2ccccc21. The van der Waals surface area contributed by atoms with Crippen LogP contribution < -0.4 is 5.30 Å². The van der Waals surface area contributed by atoms with Crippen LogP contribution in [0.4, 0.5) is 0 Å². The zero-order valence-corrected chi connectivity index (χ0v) is 13.7. The molecule has 1 aliphatic carbocycles. The van der Waals surface area contributed by atoms with Crippen molar-refractivity contribution in [1.82, 2.24) is 0 Å². The van der Waals surface area contributed by atoms with Crippen molar-refractivity contribution >= 4 is 18.8 Å². The highest BCUT2D eigenvalue weighted by Gasteiger charge is 2.23. The molecule has 0 nitrogen and oxygen atoms in total. The molecule has 0 aromatic heterocycles. The molecule has 3 aromatic carbocycles. The van der Waals surface area contributed by atoms with Crippen LogP contribution in [0.3, 0.4) is 0 Å². The van der Waals surface area contributed by atoms with Crippen LogP contribution in [-0.4, -0.2) is 5.29 Å². The summed E-state index contributed by atoms with van der Waals surface area (Å²) in [5.74, 6) is 0. The monoisotopic (exact) mass is 300 g/mol. The van der Waals surface area contributed by atoms with E-state index < -0.39 is 0 Å². The fraction of sp³-hybridized carbons (Fsp3) is 0.0952. The summed E-state index contributed by atoms with van der Waals surface area (Å²) < 4.78 is 0. The molecule has 1 aliphatic rings. The normalized spacial score (nSPS) is 12.4. The van der Waals surface area contributed by atoms with Crippen molar-refractivity contribution < 1.29 is 0 Å². The van der Waals surface area contributed by atoms with Gasteiger partial charge in [0, 0.05) is 10.6 Å². The molecule has 0 aliphatic heterocycles. The second kappa shape index (κ2) is 5.23. The highest BCUT2D eigenvalue weighted by atomic mass is 31.1. The summed E-state index contributed by atoms with van der Waals surface area (Å²) >= 11 is 0. The Morgan fingerprint density at radius 2 is 1.00 bits per heavy atom. The van der Waals surface area contributed by atoms with E-state index in [2.05, 4.69) is 80.6 Å². The van der Waals surface area contributed by atoms with Crippen molar-refractivity contribution in [3.8, 4) is 11.1 Å². The lowest BCUT2D eigenvalue weighted by atomic mass is 10.1. The molecule has 0 N–H and O–H groups in total. The molecule has 0 saturated heterocycles.